The Hall–Kier alpha value is -2.82. The SMILES string of the molecule is COc1cn(C(C[C@@H]2CCCO2)C(=O)O)c(=O)cc1-c1cc(Cl)ccc1C#N. The van der Waals surface area contributed by atoms with Crippen molar-refractivity contribution in [2.45, 2.75) is 31.4 Å². The van der Waals surface area contributed by atoms with Crippen LogP contribution >= 0.6 is 11.6 Å². The van der Waals surface area contributed by atoms with Gasteiger partial charge in [-0.25, -0.2) is 4.79 Å². The second-order valence-electron chi connectivity index (χ2n) is 6.53. The van der Waals surface area contributed by atoms with E-state index in [1.807, 2.05) is 0 Å². The van der Waals surface area contributed by atoms with Gasteiger partial charge < -0.3 is 14.6 Å². The van der Waals surface area contributed by atoms with Crippen LogP contribution in [-0.4, -0.2) is 35.5 Å². The second kappa shape index (κ2) is 8.46. The molecule has 1 aliphatic heterocycles. The number of halogens is 1. The van der Waals surface area contributed by atoms with Crippen molar-refractivity contribution in [3.05, 3.63) is 51.4 Å². The molecule has 2 heterocycles. The van der Waals surface area contributed by atoms with Gasteiger partial charge in [-0.05, 0) is 31.0 Å². The van der Waals surface area contributed by atoms with Gasteiger partial charge in [0.05, 0.1) is 31.0 Å². The number of carboxylic acid groups (broad SMARTS) is 1. The lowest BCUT2D eigenvalue weighted by Crippen LogP contribution is -2.32. The van der Waals surface area contributed by atoms with E-state index >= 15 is 0 Å². The van der Waals surface area contributed by atoms with Gasteiger partial charge in [0.25, 0.3) is 5.56 Å². The minimum atomic E-state index is -1.12. The van der Waals surface area contributed by atoms with Gasteiger partial charge in [0, 0.05) is 35.2 Å². The zero-order chi connectivity index (χ0) is 20.3. The molecule has 146 valence electrons. The predicted molar refractivity (Wildman–Crippen MR) is 103 cm³/mol. The van der Waals surface area contributed by atoms with Crippen LogP contribution in [0.4, 0.5) is 0 Å². The number of carbonyl (C=O) groups is 1. The van der Waals surface area contributed by atoms with Crippen LogP contribution in [0.5, 0.6) is 5.75 Å². The van der Waals surface area contributed by atoms with Crippen molar-refractivity contribution in [2.24, 2.45) is 0 Å². The molecule has 0 amide bonds. The van der Waals surface area contributed by atoms with Crippen LogP contribution < -0.4 is 10.3 Å². The van der Waals surface area contributed by atoms with E-state index in [1.165, 1.54) is 19.4 Å². The molecular formula is C20H19ClN2O5. The largest absolute Gasteiger partial charge is 0.495 e. The predicted octanol–water partition coefficient (Wildman–Crippen LogP) is 3.24. The number of rotatable bonds is 6. The monoisotopic (exact) mass is 402 g/mol. The summed E-state index contributed by atoms with van der Waals surface area (Å²) in [5.41, 5.74) is 0.644. The quantitative estimate of drug-likeness (QED) is 0.795. The van der Waals surface area contributed by atoms with Gasteiger partial charge in [-0.2, -0.15) is 5.26 Å². The van der Waals surface area contributed by atoms with Crippen LogP contribution in [0.3, 0.4) is 0 Å². The summed E-state index contributed by atoms with van der Waals surface area (Å²) in [6, 6.07) is 6.97. The summed E-state index contributed by atoms with van der Waals surface area (Å²) in [6.07, 6.45) is 3.00. The minimum Gasteiger partial charge on any atom is -0.495 e. The van der Waals surface area contributed by atoms with Crippen molar-refractivity contribution in [3.63, 3.8) is 0 Å². The topological polar surface area (TPSA) is 102 Å². The molecule has 1 saturated heterocycles. The zero-order valence-electron chi connectivity index (χ0n) is 15.2. The Kier molecular flexibility index (Phi) is 6.02. The third kappa shape index (κ3) is 4.03. The van der Waals surface area contributed by atoms with E-state index in [0.29, 0.717) is 28.3 Å². The maximum absolute atomic E-state index is 12.8. The lowest BCUT2D eigenvalue weighted by atomic mass is 10.00. The number of aromatic nitrogens is 1. The summed E-state index contributed by atoms with van der Waals surface area (Å²) in [5.74, 6) is -0.843. The van der Waals surface area contributed by atoms with Crippen LogP contribution in [0.15, 0.2) is 35.3 Å². The first-order valence-corrected chi connectivity index (χ1v) is 9.17. The van der Waals surface area contributed by atoms with Crippen molar-refractivity contribution in [3.8, 4) is 22.9 Å². The van der Waals surface area contributed by atoms with Gasteiger partial charge >= 0.3 is 5.97 Å². The van der Waals surface area contributed by atoms with Gasteiger partial charge in [-0.3, -0.25) is 9.36 Å². The van der Waals surface area contributed by atoms with Gasteiger partial charge in [0.2, 0.25) is 0 Å². The van der Waals surface area contributed by atoms with E-state index in [2.05, 4.69) is 6.07 Å². The van der Waals surface area contributed by atoms with Crippen molar-refractivity contribution in [1.29, 1.82) is 5.26 Å². The molecule has 1 aromatic heterocycles. The molecule has 2 atom stereocenters. The summed E-state index contributed by atoms with van der Waals surface area (Å²) in [7, 11) is 1.42. The van der Waals surface area contributed by atoms with Gasteiger partial charge in [-0.1, -0.05) is 11.6 Å². The molecule has 1 N–H and O–H groups in total. The standard InChI is InChI=1S/C20H19ClN2O5/c1-27-18-11-23(17(20(25)26)8-14-3-2-6-28-14)19(24)9-16(18)15-7-13(21)5-4-12(15)10-22/h4-5,7,9,11,14,17H,2-3,6,8H2,1H3,(H,25,26)/t14-,17?/m0/s1. The van der Waals surface area contributed by atoms with Gasteiger partial charge in [0.1, 0.15) is 11.8 Å². The average molecular weight is 403 g/mol. The fourth-order valence-electron chi connectivity index (χ4n) is 3.39. The molecule has 2 aromatic rings. The highest BCUT2D eigenvalue weighted by Gasteiger charge is 2.28. The Bertz CT molecular complexity index is 989. The maximum Gasteiger partial charge on any atom is 0.326 e. The second-order valence-corrected chi connectivity index (χ2v) is 6.96. The summed E-state index contributed by atoms with van der Waals surface area (Å²) in [4.78, 5) is 24.6. The van der Waals surface area contributed by atoms with E-state index in [4.69, 9.17) is 21.1 Å². The first-order valence-electron chi connectivity index (χ1n) is 8.79. The third-order valence-electron chi connectivity index (χ3n) is 4.79. The fraction of sp³-hybridized carbons (Fsp3) is 0.350. The minimum absolute atomic E-state index is 0.193. The number of methoxy groups -OCH3 is 1. The molecule has 28 heavy (non-hydrogen) atoms. The van der Waals surface area contributed by atoms with Crippen LogP contribution in [0.25, 0.3) is 11.1 Å². The maximum atomic E-state index is 12.8. The lowest BCUT2D eigenvalue weighted by molar-refractivity contribution is -0.142. The number of hydrogen-bond donors (Lipinski definition) is 1. The number of carboxylic acids is 1. The van der Waals surface area contributed by atoms with Gasteiger partial charge in [0.15, 0.2) is 0 Å². The molecule has 1 unspecified atom stereocenters. The zero-order valence-corrected chi connectivity index (χ0v) is 16.0. The molecule has 3 rings (SSSR count). The molecule has 0 bridgehead atoms. The number of nitrogens with zero attached hydrogens (tertiary/aromatic N) is 2. The number of ether oxygens (including phenoxy) is 2. The Balaban J connectivity index is 2.09. The van der Waals surface area contributed by atoms with E-state index < -0.39 is 17.6 Å². The summed E-state index contributed by atoms with van der Waals surface area (Å²) in [6.45, 7) is 0.597. The summed E-state index contributed by atoms with van der Waals surface area (Å²) < 4.78 is 12.1. The number of aliphatic carboxylic acids is 1. The number of benzene rings is 1. The number of hydrogen-bond acceptors (Lipinski definition) is 5. The highest BCUT2D eigenvalue weighted by Crippen LogP contribution is 2.34. The Morgan fingerprint density at radius 3 is 2.86 bits per heavy atom. The first-order chi connectivity index (χ1) is 13.4. The van der Waals surface area contributed by atoms with Crippen molar-refractivity contribution in [1.82, 2.24) is 4.57 Å². The van der Waals surface area contributed by atoms with E-state index in [0.717, 1.165) is 17.4 Å². The lowest BCUT2D eigenvalue weighted by Gasteiger charge is -2.21. The number of nitriles is 1. The molecule has 7 nitrogen and oxygen atoms in total. The van der Waals surface area contributed by atoms with Crippen molar-refractivity contribution >= 4 is 17.6 Å². The molecule has 1 aliphatic rings. The van der Waals surface area contributed by atoms with E-state index in [9.17, 15) is 20.0 Å². The summed E-state index contributed by atoms with van der Waals surface area (Å²) in [5, 5.41) is 19.4. The Labute approximate surface area is 166 Å². The van der Waals surface area contributed by atoms with E-state index in [-0.39, 0.29) is 18.3 Å². The average Bonchev–Trinajstić information content (AvgIpc) is 3.19. The molecule has 1 aromatic carbocycles. The molecule has 0 saturated carbocycles. The van der Waals surface area contributed by atoms with Gasteiger partial charge in [-0.15, -0.1) is 0 Å². The molecule has 0 radical (unpaired) electrons. The summed E-state index contributed by atoms with van der Waals surface area (Å²) >= 11 is 6.05. The van der Waals surface area contributed by atoms with Crippen LogP contribution in [0.1, 0.15) is 30.9 Å². The number of pyridine rings is 1. The Morgan fingerprint density at radius 1 is 1.46 bits per heavy atom. The normalized spacial score (nSPS) is 17.1. The molecule has 8 heteroatoms. The first kappa shape index (κ1) is 19.9. The van der Waals surface area contributed by atoms with Crippen LogP contribution in [0.2, 0.25) is 5.02 Å². The highest BCUT2D eigenvalue weighted by atomic mass is 35.5. The smallest absolute Gasteiger partial charge is 0.326 e. The Morgan fingerprint density at radius 2 is 2.25 bits per heavy atom. The fourth-order valence-corrected chi connectivity index (χ4v) is 3.57. The molecule has 1 fully saturated rings. The third-order valence-corrected chi connectivity index (χ3v) is 5.02. The highest BCUT2D eigenvalue weighted by molar-refractivity contribution is 6.31. The van der Waals surface area contributed by atoms with Crippen molar-refractivity contribution < 1.29 is 19.4 Å². The van der Waals surface area contributed by atoms with Crippen molar-refractivity contribution in [2.75, 3.05) is 13.7 Å². The molecule has 0 aliphatic carbocycles. The molecular weight excluding hydrogens is 384 g/mol. The van der Waals surface area contributed by atoms with Crippen LogP contribution in [-0.2, 0) is 9.53 Å². The van der Waals surface area contributed by atoms with E-state index in [1.54, 1.807) is 18.2 Å². The molecule has 0 spiro atoms. The van der Waals surface area contributed by atoms with Crippen LogP contribution in [0, 0.1) is 11.3 Å².